The fourth-order valence-electron chi connectivity index (χ4n) is 2.51. The van der Waals surface area contributed by atoms with Gasteiger partial charge in [-0.2, -0.15) is 0 Å². The summed E-state index contributed by atoms with van der Waals surface area (Å²) >= 11 is 0. The quantitative estimate of drug-likeness (QED) is 0.687. The number of anilines is 1. The number of rotatable bonds is 2. The number of hydrogen-bond acceptors (Lipinski definition) is 1. The maximum atomic E-state index is 5.90. The van der Waals surface area contributed by atoms with Gasteiger partial charge in [-0.3, -0.25) is 0 Å². The van der Waals surface area contributed by atoms with Crippen molar-refractivity contribution in [2.75, 3.05) is 5.73 Å². The Balaban J connectivity index is 2.45. The molecule has 13 heavy (non-hydrogen) atoms. The van der Waals surface area contributed by atoms with E-state index in [1.165, 1.54) is 30.4 Å². The molecule has 1 aromatic carbocycles. The number of benzene rings is 1. The highest BCUT2D eigenvalue weighted by atomic mass is 14.6. The lowest BCUT2D eigenvalue weighted by atomic mass is 9.60. The zero-order valence-electron chi connectivity index (χ0n) is 8.43. The van der Waals surface area contributed by atoms with Crippen LogP contribution in [0.1, 0.15) is 37.8 Å². The fraction of sp³-hybridized carbons (Fsp3) is 0.500. The van der Waals surface area contributed by atoms with Gasteiger partial charge in [0.2, 0.25) is 0 Å². The predicted octanol–water partition coefficient (Wildman–Crippen LogP) is 2.88. The highest BCUT2D eigenvalue weighted by Gasteiger charge is 2.40. The van der Waals surface area contributed by atoms with Crippen molar-refractivity contribution in [3.63, 3.8) is 0 Å². The van der Waals surface area contributed by atoms with Gasteiger partial charge in [-0.1, -0.05) is 26.0 Å². The normalized spacial score (nSPS) is 17.7. The molecule has 0 fully saturated rings. The molecule has 0 saturated heterocycles. The van der Waals surface area contributed by atoms with Gasteiger partial charge in [-0.15, -0.1) is 0 Å². The van der Waals surface area contributed by atoms with E-state index in [1.54, 1.807) is 0 Å². The van der Waals surface area contributed by atoms with Crippen molar-refractivity contribution in [2.45, 2.75) is 38.5 Å². The maximum absolute atomic E-state index is 5.90. The van der Waals surface area contributed by atoms with Crippen molar-refractivity contribution in [1.82, 2.24) is 0 Å². The largest absolute Gasteiger partial charge is 0.398 e. The van der Waals surface area contributed by atoms with Gasteiger partial charge in [-0.25, -0.2) is 0 Å². The molecule has 0 saturated carbocycles. The van der Waals surface area contributed by atoms with E-state index >= 15 is 0 Å². The first-order valence-electron chi connectivity index (χ1n) is 5.11. The van der Waals surface area contributed by atoms with Crippen LogP contribution in [0.3, 0.4) is 0 Å². The highest BCUT2D eigenvalue weighted by molar-refractivity contribution is 5.60. The summed E-state index contributed by atoms with van der Waals surface area (Å²) in [6, 6.07) is 6.32. The van der Waals surface area contributed by atoms with Crippen LogP contribution in [0.15, 0.2) is 18.2 Å². The Morgan fingerprint density at radius 3 is 2.62 bits per heavy atom. The van der Waals surface area contributed by atoms with Crippen molar-refractivity contribution in [1.29, 1.82) is 0 Å². The van der Waals surface area contributed by atoms with Crippen LogP contribution in [-0.4, -0.2) is 0 Å². The van der Waals surface area contributed by atoms with Gasteiger partial charge in [0, 0.05) is 5.69 Å². The summed E-state index contributed by atoms with van der Waals surface area (Å²) in [6.45, 7) is 4.55. The zero-order chi connectivity index (χ0) is 9.47. The fourth-order valence-corrected chi connectivity index (χ4v) is 2.51. The second-order valence-corrected chi connectivity index (χ2v) is 4.04. The van der Waals surface area contributed by atoms with Crippen LogP contribution in [0.5, 0.6) is 0 Å². The molecule has 2 rings (SSSR count). The number of nitrogens with two attached hydrogens (primary N) is 1. The third-order valence-electron chi connectivity index (χ3n) is 3.65. The topological polar surface area (TPSA) is 26.0 Å². The molecular weight excluding hydrogens is 158 g/mol. The van der Waals surface area contributed by atoms with E-state index in [-0.39, 0.29) is 0 Å². The minimum atomic E-state index is 0.449. The molecule has 1 aliphatic carbocycles. The third kappa shape index (κ3) is 0.995. The van der Waals surface area contributed by atoms with Crippen LogP contribution in [0.25, 0.3) is 0 Å². The van der Waals surface area contributed by atoms with E-state index in [1.807, 2.05) is 6.07 Å². The minimum Gasteiger partial charge on any atom is -0.398 e. The van der Waals surface area contributed by atoms with Gasteiger partial charge < -0.3 is 5.73 Å². The van der Waals surface area contributed by atoms with Crippen molar-refractivity contribution >= 4 is 5.69 Å². The van der Waals surface area contributed by atoms with E-state index in [2.05, 4.69) is 26.0 Å². The number of nitrogen functional groups attached to an aromatic ring is 1. The van der Waals surface area contributed by atoms with Crippen molar-refractivity contribution < 1.29 is 0 Å². The average Bonchev–Trinajstić information content (AvgIpc) is 2.11. The molecule has 70 valence electrons. The molecule has 0 radical (unpaired) electrons. The monoisotopic (exact) mass is 175 g/mol. The Kier molecular flexibility index (Phi) is 1.83. The Morgan fingerprint density at radius 1 is 1.31 bits per heavy atom. The van der Waals surface area contributed by atoms with Crippen molar-refractivity contribution in [3.8, 4) is 0 Å². The molecule has 0 aliphatic heterocycles. The summed E-state index contributed by atoms with van der Waals surface area (Å²) in [7, 11) is 0. The van der Waals surface area contributed by atoms with Crippen molar-refractivity contribution in [3.05, 3.63) is 29.3 Å². The van der Waals surface area contributed by atoms with Gasteiger partial charge >= 0.3 is 0 Å². The Bertz CT molecular complexity index is 324. The summed E-state index contributed by atoms with van der Waals surface area (Å²) in [5, 5.41) is 0. The van der Waals surface area contributed by atoms with E-state index < -0.39 is 0 Å². The average molecular weight is 175 g/mol. The zero-order valence-corrected chi connectivity index (χ0v) is 8.43. The molecule has 0 heterocycles. The van der Waals surface area contributed by atoms with Gasteiger partial charge in [-0.05, 0) is 41.9 Å². The molecule has 0 spiro atoms. The minimum absolute atomic E-state index is 0.449. The molecule has 1 aromatic rings. The van der Waals surface area contributed by atoms with Crippen LogP contribution >= 0.6 is 0 Å². The molecule has 1 nitrogen and oxygen atoms in total. The van der Waals surface area contributed by atoms with Crippen LogP contribution in [0.2, 0.25) is 0 Å². The van der Waals surface area contributed by atoms with Gasteiger partial charge in [0.25, 0.3) is 0 Å². The van der Waals surface area contributed by atoms with E-state index in [4.69, 9.17) is 5.73 Å². The van der Waals surface area contributed by atoms with E-state index in [9.17, 15) is 0 Å². The highest BCUT2D eigenvalue weighted by Crippen LogP contribution is 2.48. The molecule has 0 amide bonds. The Morgan fingerprint density at radius 2 is 2.00 bits per heavy atom. The molecule has 0 aromatic heterocycles. The molecule has 1 aliphatic rings. The first-order valence-corrected chi connectivity index (χ1v) is 5.11. The molecule has 0 bridgehead atoms. The molecule has 0 atom stereocenters. The second kappa shape index (κ2) is 2.76. The summed E-state index contributed by atoms with van der Waals surface area (Å²) in [5.41, 5.74) is 10.2. The molecule has 2 N–H and O–H groups in total. The summed E-state index contributed by atoms with van der Waals surface area (Å²) in [6.07, 6.45) is 3.65. The summed E-state index contributed by atoms with van der Waals surface area (Å²) in [4.78, 5) is 0. The van der Waals surface area contributed by atoms with Gasteiger partial charge in [0.1, 0.15) is 0 Å². The van der Waals surface area contributed by atoms with E-state index in [0.717, 1.165) is 5.69 Å². The standard InChI is InChI=1S/C12H17N/c1-3-12(4-2)8-9-10(12)6-5-7-11(9)13/h5-7H,3-4,8,13H2,1-2H3. The number of hydrogen-bond donors (Lipinski definition) is 1. The Hall–Kier alpha value is -0.980. The molecule has 1 heteroatoms. The first-order chi connectivity index (χ1) is 6.23. The van der Waals surface area contributed by atoms with Crippen LogP contribution in [0, 0.1) is 0 Å². The first kappa shape index (κ1) is 8.61. The lowest BCUT2D eigenvalue weighted by Gasteiger charge is -2.44. The van der Waals surface area contributed by atoms with E-state index in [0.29, 0.717) is 5.41 Å². The lowest BCUT2D eigenvalue weighted by molar-refractivity contribution is 0.344. The second-order valence-electron chi connectivity index (χ2n) is 4.04. The number of fused-ring (bicyclic) bond motifs is 1. The molecule has 0 unspecified atom stereocenters. The lowest BCUT2D eigenvalue weighted by Crippen LogP contribution is -2.38. The predicted molar refractivity (Wildman–Crippen MR) is 56.8 cm³/mol. The van der Waals surface area contributed by atoms with Crippen LogP contribution in [-0.2, 0) is 11.8 Å². The summed E-state index contributed by atoms with van der Waals surface area (Å²) in [5.74, 6) is 0. The SMILES string of the molecule is CCC1(CC)Cc2c(N)cccc21. The maximum Gasteiger partial charge on any atom is 0.0349 e. The smallest absolute Gasteiger partial charge is 0.0349 e. The Labute approximate surface area is 80.0 Å². The van der Waals surface area contributed by atoms with Crippen LogP contribution < -0.4 is 5.73 Å². The van der Waals surface area contributed by atoms with Gasteiger partial charge in [0.15, 0.2) is 0 Å². The third-order valence-corrected chi connectivity index (χ3v) is 3.65. The summed E-state index contributed by atoms with van der Waals surface area (Å²) < 4.78 is 0. The van der Waals surface area contributed by atoms with Crippen molar-refractivity contribution in [2.24, 2.45) is 0 Å². The molecular formula is C12H17N. The van der Waals surface area contributed by atoms with Gasteiger partial charge in [0.05, 0.1) is 0 Å². The van der Waals surface area contributed by atoms with Crippen LogP contribution in [0.4, 0.5) is 5.69 Å².